The van der Waals surface area contributed by atoms with Crippen molar-refractivity contribution in [3.05, 3.63) is 64.5 Å². The topological polar surface area (TPSA) is 91.9 Å². The van der Waals surface area contributed by atoms with E-state index in [-0.39, 0.29) is 11.4 Å². The molecule has 2 aromatic rings. The van der Waals surface area contributed by atoms with Crippen molar-refractivity contribution in [3.8, 4) is 11.8 Å². The third kappa shape index (κ3) is 3.43. The molecule has 22 heavy (non-hydrogen) atoms. The highest BCUT2D eigenvalue weighted by Gasteiger charge is 2.11. The summed E-state index contributed by atoms with van der Waals surface area (Å²) in [6, 6.07) is 6.34. The summed E-state index contributed by atoms with van der Waals surface area (Å²) in [4.78, 5) is 29.4. The maximum absolute atomic E-state index is 12.0. The number of pyridine rings is 1. The fourth-order valence-corrected chi connectivity index (χ4v) is 1.61. The van der Waals surface area contributed by atoms with E-state index in [1.165, 1.54) is 35.3 Å². The Morgan fingerprint density at radius 3 is 2.73 bits per heavy atom. The predicted molar refractivity (Wildman–Crippen MR) is 79.5 cm³/mol. The second-order valence-corrected chi connectivity index (χ2v) is 4.63. The SMILES string of the molecule is CN(C)/C=C/C(=O)c1nn(-c2ccc(C#N)nc2)ccc1=O. The molecule has 7 heteroatoms. The molecule has 7 nitrogen and oxygen atoms in total. The zero-order valence-electron chi connectivity index (χ0n) is 12.1. The monoisotopic (exact) mass is 295 g/mol. The molecule has 0 N–H and O–H groups in total. The molecule has 0 fully saturated rings. The van der Waals surface area contributed by atoms with Gasteiger partial charge in [0.2, 0.25) is 11.2 Å². The van der Waals surface area contributed by atoms with E-state index in [2.05, 4.69) is 10.1 Å². The van der Waals surface area contributed by atoms with Gasteiger partial charge in [-0.25, -0.2) is 9.67 Å². The van der Waals surface area contributed by atoms with Crippen LogP contribution in [0.15, 0.2) is 47.7 Å². The zero-order valence-corrected chi connectivity index (χ0v) is 12.1. The summed E-state index contributed by atoms with van der Waals surface area (Å²) in [5.41, 5.74) is 0.191. The van der Waals surface area contributed by atoms with Crippen molar-refractivity contribution in [3.63, 3.8) is 0 Å². The van der Waals surface area contributed by atoms with Crippen molar-refractivity contribution in [2.75, 3.05) is 14.1 Å². The van der Waals surface area contributed by atoms with Crippen molar-refractivity contribution >= 4 is 5.78 Å². The van der Waals surface area contributed by atoms with E-state index in [0.29, 0.717) is 5.69 Å². The Morgan fingerprint density at radius 2 is 2.14 bits per heavy atom. The van der Waals surface area contributed by atoms with Gasteiger partial charge in [0, 0.05) is 38.6 Å². The molecular formula is C15H13N5O2. The van der Waals surface area contributed by atoms with Gasteiger partial charge >= 0.3 is 0 Å². The van der Waals surface area contributed by atoms with E-state index in [9.17, 15) is 9.59 Å². The van der Waals surface area contributed by atoms with Crippen molar-refractivity contribution in [1.29, 1.82) is 5.26 Å². The number of carbonyl (C=O) groups is 1. The van der Waals surface area contributed by atoms with Crippen LogP contribution in [0.2, 0.25) is 0 Å². The van der Waals surface area contributed by atoms with Crippen LogP contribution < -0.4 is 5.43 Å². The molecule has 0 atom stereocenters. The molecule has 0 spiro atoms. The van der Waals surface area contributed by atoms with E-state index in [1.807, 2.05) is 6.07 Å². The molecule has 0 aromatic carbocycles. The Bertz CT molecular complexity index is 813. The van der Waals surface area contributed by atoms with Gasteiger partial charge in [0.1, 0.15) is 11.8 Å². The minimum absolute atomic E-state index is 0.176. The number of hydrogen-bond acceptors (Lipinski definition) is 6. The van der Waals surface area contributed by atoms with Crippen LogP contribution in [0.5, 0.6) is 0 Å². The van der Waals surface area contributed by atoms with Crippen LogP contribution in [0.1, 0.15) is 16.2 Å². The lowest BCUT2D eigenvalue weighted by Crippen LogP contribution is -2.20. The van der Waals surface area contributed by atoms with E-state index >= 15 is 0 Å². The molecule has 0 saturated heterocycles. The summed E-state index contributed by atoms with van der Waals surface area (Å²) in [5, 5.41) is 12.8. The molecule has 2 rings (SSSR count). The number of ketones is 1. The maximum atomic E-state index is 12.0. The van der Waals surface area contributed by atoms with Crippen LogP contribution in [0.4, 0.5) is 0 Å². The first-order valence-electron chi connectivity index (χ1n) is 6.37. The van der Waals surface area contributed by atoms with Gasteiger partial charge < -0.3 is 4.90 Å². The number of aromatic nitrogens is 3. The average Bonchev–Trinajstić information content (AvgIpc) is 2.53. The molecule has 2 aromatic heterocycles. The zero-order chi connectivity index (χ0) is 16.1. The van der Waals surface area contributed by atoms with E-state index < -0.39 is 11.2 Å². The van der Waals surface area contributed by atoms with Crippen LogP contribution in [0.25, 0.3) is 5.69 Å². The highest BCUT2D eigenvalue weighted by atomic mass is 16.1. The number of hydrogen-bond donors (Lipinski definition) is 0. The second-order valence-electron chi connectivity index (χ2n) is 4.63. The quantitative estimate of drug-likeness (QED) is 0.610. The predicted octanol–water partition coefficient (Wildman–Crippen LogP) is 0.757. The van der Waals surface area contributed by atoms with Crippen molar-refractivity contribution in [2.24, 2.45) is 0 Å². The first kappa shape index (κ1) is 15.1. The van der Waals surface area contributed by atoms with E-state index in [1.54, 1.807) is 31.3 Å². The Balaban J connectivity index is 2.40. The first-order chi connectivity index (χ1) is 10.5. The fraction of sp³-hybridized carbons (Fsp3) is 0.133. The van der Waals surface area contributed by atoms with Gasteiger partial charge in [0.05, 0.1) is 11.9 Å². The van der Waals surface area contributed by atoms with Crippen LogP contribution in [0, 0.1) is 11.3 Å². The normalized spacial score (nSPS) is 10.4. The Hall–Kier alpha value is -3.27. The van der Waals surface area contributed by atoms with E-state index in [0.717, 1.165) is 0 Å². The number of nitrogens with zero attached hydrogens (tertiary/aromatic N) is 5. The lowest BCUT2D eigenvalue weighted by Gasteiger charge is -2.06. The lowest BCUT2D eigenvalue weighted by atomic mass is 10.2. The van der Waals surface area contributed by atoms with E-state index in [4.69, 9.17) is 5.26 Å². The molecule has 0 saturated carbocycles. The minimum atomic E-state index is -0.477. The van der Waals surface area contributed by atoms with Crippen molar-refractivity contribution in [2.45, 2.75) is 0 Å². The van der Waals surface area contributed by atoms with Gasteiger partial charge in [0.25, 0.3) is 0 Å². The second kappa shape index (κ2) is 6.45. The largest absolute Gasteiger partial charge is 0.383 e. The summed E-state index contributed by atoms with van der Waals surface area (Å²) in [5.74, 6) is -0.477. The van der Waals surface area contributed by atoms with Crippen LogP contribution in [-0.2, 0) is 0 Å². The Morgan fingerprint density at radius 1 is 1.36 bits per heavy atom. The van der Waals surface area contributed by atoms with Crippen molar-refractivity contribution in [1.82, 2.24) is 19.7 Å². The van der Waals surface area contributed by atoms with Gasteiger partial charge in [-0.2, -0.15) is 10.4 Å². The number of nitriles is 1. The van der Waals surface area contributed by atoms with Gasteiger partial charge in [-0.1, -0.05) is 0 Å². The number of rotatable bonds is 4. The number of allylic oxidation sites excluding steroid dienone is 1. The molecule has 0 aliphatic carbocycles. The molecule has 110 valence electrons. The van der Waals surface area contributed by atoms with Gasteiger partial charge in [0.15, 0.2) is 5.69 Å². The van der Waals surface area contributed by atoms with Crippen molar-refractivity contribution < 1.29 is 4.79 Å². The van der Waals surface area contributed by atoms with Crippen LogP contribution in [-0.4, -0.2) is 39.5 Å². The highest BCUT2D eigenvalue weighted by Crippen LogP contribution is 2.05. The Labute approximate surface area is 126 Å². The molecular weight excluding hydrogens is 282 g/mol. The molecule has 0 aliphatic heterocycles. The third-order valence-corrected chi connectivity index (χ3v) is 2.69. The van der Waals surface area contributed by atoms with Gasteiger partial charge in [-0.3, -0.25) is 9.59 Å². The molecule has 0 radical (unpaired) electrons. The minimum Gasteiger partial charge on any atom is -0.383 e. The van der Waals surface area contributed by atoms with Gasteiger partial charge in [-0.15, -0.1) is 0 Å². The van der Waals surface area contributed by atoms with Gasteiger partial charge in [-0.05, 0) is 12.1 Å². The summed E-state index contributed by atoms with van der Waals surface area (Å²) in [6.07, 6.45) is 5.72. The molecule has 0 amide bonds. The first-order valence-corrected chi connectivity index (χ1v) is 6.37. The standard InChI is InChI=1S/C15H13N5O2/c1-19(2)7-5-13(21)15-14(22)6-8-20(18-15)12-4-3-11(9-16)17-10-12/h3-8,10H,1-2H3/b7-5+. The summed E-state index contributed by atoms with van der Waals surface area (Å²) in [7, 11) is 3.53. The molecule has 0 aliphatic rings. The van der Waals surface area contributed by atoms with Crippen LogP contribution in [0.3, 0.4) is 0 Å². The smallest absolute Gasteiger partial charge is 0.211 e. The lowest BCUT2D eigenvalue weighted by molar-refractivity contribution is 0.103. The highest BCUT2D eigenvalue weighted by molar-refractivity contribution is 6.02. The fourth-order valence-electron chi connectivity index (χ4n) is 1.61. The molecule has 2 heterocycles. The van der Waals surface area contributed by atoms with Crippen LogP contribution >= 0.6 is 0 Å². The maximum Gasteiger partial charge on any atom is 0.211 e. The molecule has 0 bridgehead atoms. The Kier molecular flexibility index (Phi) is 4.44. The summed E-state index contributed by atoms with van der Waals surface area (Å²) in [6.45, 7) is 0. The molecule has 0 unspecified atom stereocenters. The average molecular weight is 295 g/mol. The number of carbonyl (C=O) groups excluding carboxylic acids is 1. The summed E-state index contributed by atoms with van der Waals surface area (Å²) >= 11 is 0. The third-order valence-electron chi connectivity index (χ3n) is 2.69. The summed E-state index contributed by atoms with van der Waals surface area (Å²) < 4.78 is 1.37.